The summed E-state index contributed by atoms with van der Waals surface area (Å²) in [5.74, 6) is 0.0974. The number of cyclic esters (lactones) is 1. The standard InChI is InChI=1S/C25H24ClFN6O3/c1-14(2)33-20-11-16(10-19(27)22(20)31-24(33)32-7-8-36-25(32)34)21-18(26)12-28-23(30-21)29-17-6-4-5-15(9-17)13-35-3/h4-6,9-12,14H,7-8,13H2,1-3H3,(H,28,29,30). The average molecular weight is 511 g/mol. The van der Waals surface area contributed by atoms with Crippen molar-refractivity contribution in [1.82, 2.24) is 19.5 Å². The molecule has 2 aromatic heterocycles. The van der Waals surface area contributed by atoms with E-state index in [9.17, 15) is 4.79 Å². The largest absolute Gasteiger partial charge is 0.447 e. The summed E-state index contributed by atoms with van der Waals surface area (Å²) < 4.78 is 27.4. The number of imidazole rings is 1. The number of carbonyl (C=O) groups is 1. The molecule has 2 aromatic carbocycles. The first-order valence-electron chi connectivity index (χ1n) is 11.4. The number of aromatic nitrogens is 4. The fourth-order valence-electron chi connectivity index (χ4n) is 4.22. The number of anilines is 3. The van der Waals surface area contributed by atoms with Crippen LogP contribution in [0.1, 0.15) is 25.5 Å². The molecule has 1 saturated heterocycles. The molecule has 1 fully saturated rings. The van der Waals surface area contributed by atoms with Crippen LogP contribution in [0.4, 0.5) is 26.8 Å². The molecule has 5 rings (SSSR count). The normalized spacial score (nSPS) is 13.6. The van der Waals surface area contributed by atoms with E-state index in [1.165, 1.54) is 17.2 Å². The van der Waals surface area contributed by atoms with Crippen molar-refractivity contribution in [2.45, 2.75) is 26.5 Å². The summed E-state index contributed by atoms with van der Waals surface area (Å²) in [5, 5.41) is 3.43. The maximum Gasteiger partial charge on any atom is 0.416 e. The number of nitrogens with one attached hydrogen (secondary N) is 1. The monoisotopic (exact) mass is 510 g/mol. The maximum atomic E-state index is 15.3. The minimum Gasteiger partial charge on any atom is -0.447 e. The third-order valence-electron chi connectivity index (χ3n) is 5.76. The van der Waals surface area contributed by atoms with Crippen molar-refractivity contribution in [3.63, 3.8) is 0 Å². The molecule has 4 aromatic rings. The van der Waals surface area contributed by atoms with Crippen molar-refractivity contribution in [2.75, 3.05) is 30.5 Å². The van der Waals surface area contributed by atoms with Crippen LogP contribution in [0, 0.1) is 5.82 Å². The van der Waals surface area contributed by atoms with Crippen LogP contribution < -0.4 is 10.2 Å². The lowest BCUT2D eigenvalue weighted by Gasteiger charge is -2.18. The van der Waals surface area contributed by atoms with E-state index in [2.05, 4.69) is 20.3 Å². The van der Waals surface area contributed by atoms with Gasteiger partial charge >= 0.3 is 6.09 Å². The Morgan fingerprint density at radius 3 is 2.81 bits per heavy atom. The van der Waals surface area contributed by atoms with Gasteiger partial charge in [0.2, 0.25) is 11.9 Å². The Morgan fingerprint density at radius 1 is 1.25 bits per heavy atom. The molecule has 9 nitrogen and oxygen atoms in total. The number of hydrogen-bond donors (Lipinski definition) is 1. The second-order valence-corrected chi connectivity index (χ2v) is 9.02. The van der Waals surface area contributed by atoms with Crippen LogP contribution in [0.25, 0.3) is 22.3 Å². The zero-order chi connectivity index (χ0) is 25.4. The van der Waals surface area contributed by atoms with Crippen molar-refractivity contribution in [1.29, 1.82) is 0 Å². The highest BCUT2D eigenvalue weighted by molar-refractivity contribution is 6.33. The Hall–Kier alpha value is -3.76. The Labute approximate surface area is 211 Å². The summed E-state index contributed by atoms with van der Waals surface area (Å²) in [6, 6.07) is 10.7. The van der Waals surface area contributed by atoms with E-state index in [0.29, 0.717) is 41.8 Å². The van der Waals surface area contributed by atoms with Gasteiger partial charge in [0.1, 0.15) is 12.1 Å². The quantitative estimate of drug-likeness (QED) is 0.340. The third-order valence-corrected chi connectivity index (χ3v) is 6.04. The van der Waals surface area contributed by atoms with Crippen LogP contribution in [0.2, 0.25) is 5.02 Å². The fourth-order valence-corrected chi connectivity index (χ4v) is 4.42. The predicted octanol–water partition coefficient (Wildman–Crippen LogP) is 5.71. The molecule has 0 saturated carbocycles. The predicted molar refractivity (Wildman–Crippen MR) is 135 cm³/mol. The number of methoxy groups -OCH3 is 1. The smallest absolute Gasteiger partial charge is 0.416 e. The van der Waals surface area contributed by atoms with Gasteiger partial charge in [0.05, 0.1) is 35.6 Å². The molecule has 36 heavy (non-hydrogen) atoms. The van der Waals surface area contributed by atoms with Gasteiger partial charge in [0.15, 0.2) is 5.82 Å². The van der Waals surface area contributed by atoms with Crippen molar-refractivity contribution in [3.05, 3.63) is 59.0 Å². The first kappa shape index (κ1) is 24.0. The molecule has 11 heteroatoms. The van der Waals surface area contributed by atoms with Gasteiger partial charge in [0.25, 0.3) is 0 Å². The van der Waals surface area contributed by atoms with E-state index in [4.69, 9.17) is 21.1 Å². The molecular weight excluding hydrogens is 487 g/mol. The molecule has 0 aliphatic carbocycles. The highest BCUT2D eigenvalue weighted by atomic mass is 35.5. The third kappa shape index (κ3) is 4.45. The fraction of sp³-hybridized carbons (Fsp3) is 0.280. The number of rotatable bonds is 7. The Morgan fingerprint density at radius 2 is 2.08 bits per heavy atom. The van der Waals surface area contributed by atoms with Gasteiger partial charge in [0, 0.05) is 24.4 Å². The topological polar surface area (TPSA) is 94.4 Å². The van der Waals surface area contributed by atoms with E-state index in [1.807, 2.05) is 42.7 Å². The van der Waals surface area contributed by atoms with Crippen molar-refractivity contribution in [3.8, 4) is 11.3 Å². The second-order valence-electron chi connectivity index (χ2n) is 8.62. The number of nitrogens with zero attached hydrogens (tertiary/aromatic N) is 5. The van der Waals surface area contributed by atoms with E-state index in [1.54, 1.807) is 13.2 Å². The van der Waals surface area contributed by atoms with Crippen LogP contribution in [0.5, 0.6) is 0 Å². The van der Waals surface area contributed by atoms with Crippen molar-refractivity contribution < 1.29 is 18.7 Å². The van der Waals surface area contributed by atoms with Gasteiger partial charge < -0.3 is 19.4 Å². The van der Waals surface area contributed by atoms with E-state index in [0.717, 1.165) is 11.3 Å². The molecule has 0 unspecified atom stereocenters. The van der Waals surface area contributed by atoms with E-state index < -0.39 is 11.9 Å². The minimum atomic E-state index is -0.549. The molecule has 1 N–H and O–H groups in total. The molecule has 1 aliphatic heterocycles. The molecule has 1 aliphatic rings. The van der Waals surface area contributed by atoms with E-state index in [-0.39, 0.29) is 23.2 Å². The zero-order valence-electron chi connectivity index (χ0n) is 20.0. The van der Waals surface area contributed by atoms with Crippen LogP contribution >= 0.6 is 11.6 Å². The average Bonchev–Trinajstić information content (AvgIpc) is 3.44. The molecule has 0 radical (unpaired) electrons. The number of halogens is 2. The summed E-state index contributed by atoms with van der Waals surface area (Å²) >= 11 is 6.45. The number of benzene rings is 2. The van der Waals surface area contributed by atoms with Gasteiger partial charge in [-0.05, 0) is 43.7 Å². The lowest BCUT2D eigenvalue weighted by atomic mass is 10.1. The highest BCUT2D eigenvalue weighted by Gasteiger charge is 2.30. The number of carbonyl (C=O) groups excluding carboxylic acids is 1. The molecule has 0 spiro atoms. The van der Waals surface area contributed by atoms with Gasteiger partial charge in [-0.25, -0.2) is 29.0 Å². The highest BCUT2D eigenvalue weighted by Crippen LogP contribution is 2.35. The summed E-state index contributed by atoms with van der Waals surface area (Å²) in [7, 11) is 1.63. The van der Waals surface area contributed by atoms with E-state index >= 15 is 4.39 Å². The summed E-state index contributed by atoms with van der Waals surface area (Å²) in [5.41, 5.74) is 3.26. The second kappa shape index (κ2) is 9.71. The van der Waals surface area contributed by atoms with Crippen LogP contribution in [0.3, 0.4) is 0 Å². The molecule has 3 heterocycles. The number of amides is 1. The molecule has 0 bridgehead atoms. The number of hydrogen-bond acceptors (Lipinski definition) is 7. The number of fused-ring (bicyclic) bond motifs is 1. The Bertz CT molecular complexity index is 1460. The first-order chi connectivity index (χ1) is 17.4. The van der Waals surface area contributed by atoms with Gasteiger partial charge in [-0.15, -0.1) is 0 Å². The Balaban J connectivity index is 1.57. The van der Waals surface area contributed by atoms with Crippen molar-refractivity contribution in [2.24, 2.45) is 0 Å². The van der Waals surface area contributed by atoms with Gasteiger partial charge in [-0.3, -0.25) is 0 Å². The van der Waals surface area contributed by atoms with Gasteiger partial charge in [-0.2, -0.15) is 0 Å². The SMILES string of the molecule is COCc1cccc(Nc2ncc(Cl)c(-c3cc(F)c4nc(N5CCOC5=O)n(C(C)C)c4c3)n2)c1. The van der Waals surface area contributed by atoms with Crippen LogP contribution in [-0.4, -0.2) is 45.9 Å². The molecule has 186 valence electrons. The molecular formula is C25H24ClFN6O3. The van der Waals surface area contributed by atoms with Crippen LogP contribution in [0.15, 0.2) is 42.6 Å². The first-order valence-corrected chi connectivity index (χ1v) is 11.8. The number of ether oxygens (including phenoxy) is 2. The molecule has 1 amide bonds. The van der Waals surface area contributed by atoms with Gasteiger partial charge in [-0.1, -0.05) is 23.7 Å². The minimum absolute atomic E-state index is 0.106. The van der Waals surface area contributed by atoms with Crippen LogP contribution in [-0.2, 0) is 16.1 Å². The molecule has 0 atom stereocenters. The summed E-state index contributed by atoms with van der Waals surface area (Å²) in [6.45, 7) is 4.96. The lowest BCUT2D eigenvalue weighted by molar-refractivity contribution is 0.181. The lowest BCUT2D eigenvalue weighted by Crippen LogP contribution is -2.27. The van der Waals surface area contributed by atoms with Crippen molar-refractivity contribution >= 4 is 46.3 Å². The zero-order valence-corrected chi connectivity index (χ0v) is 20.7. The summed E-state index contributed by atoms with van der Waals surface area (Å²) in [6.07, 6.45) is 0.968. The Kier molecular flexibility index (Phi) is 6.46. The maximum absolute atomic E-state index is 15.3. The summed E-state index contributed by atoms with van der Waals surface area (Å²) in [4.78, 5) is 26.9.